The molecule has 2 aromatic rings. The van der Waals surface area contributed by atoms with E-state index >= 15 is 0 Å². The van der Waals surface area contributed by atoms with Crippen molar-refractivity contribution in [2.24, 2.45) is 0 Å². The van der Waals surface area contributed by atoms with Crippen LogP contribution in [0.1, 0.15) is 43.7 Å². The van der Waals surface area contributed by atoms with Crippen molar-refractivity contribution in [1.82, 2.24) is 10.1 Å². The van der Waals surface area contributed by atoms with Gasteiger partial charge in [0.05, 0.1) is 6.10 Å². The predicted octanol–water partition coefficient (Wildman–Crippen LogP) is 3.31. The molecule has 1 aromatic heterocycles. The van der Waals surface area contributed by atoms with E-state index < -0.39 is 6.10 Å². The van der Waals surface area contributed by atoms with E-state index in [-0.39, 0.29) is 6.61 Å². The van der Waals surface area contributed by atoms with E-state index in [4.69, 9.17) is 20.9 Å². The highest BCUT2D eigenvalue weighted by Gasteiger charge is 2.12. The summed E-state index contributed by atoms with van der Waals surface area (Å²) in [6.45, 7) is 3.87. The Bertz CT molecular complexity index is 569. The number of halogens is 1. The first-order valence-electron chi connectivity index (χ1n) is 6.52. The van der Waals surface area contributed by atoms with Crippen LogP contribution in [-0.2, 0) is 13.0 Å². The summed E-state index contributed by atoms with van der Waals surface area (Å²) in [5.74, 6) is 1.65. The Morgan fingerprint density at radius 1 is 1.45 bits per heavy atom. The monoisotopic (exact) mass is 296 g/mol. The molecule has 0 aliphatic heterocycles. The molecule has 0 fully saturated rings. The van der Waals surface area contributed by atoms with Gasteiger partial charge >= 0.3 is 0 Å². The lowest BCUT2D eigenvalue weighted by atomic mass is 10.1. The van der Waals surface area contributed by atoms with Crippen molar-refractivity contribution in [3.8, 4) is 5.75 Å². The number of hydrogen-bond acceptors (Lipinski definition) is 5. The zero-order valence-electron chi connectivity index (χ0n) is 11.5. The minimum Gasteiger partial charge on any atom is -0.483 e. The molecule has 0 radical (unpaired) electrons. The highest BCUT2D eigenvalue weighted by molar-refractivity contribution is 6.30. The number of nitrogens with zero attached hydrogens (tertiary/aromatic N) is 2. The first kappa shape index (κ1) is 14.8. The lowest BCUT2D eigenvalue weighted by Gasteiger charge is -2.12. The molecule has 0 saturated heterocycles. The molecule has 0 saturated carbocycles. The second-order valence-corrected chi connectivity index (χ2v) is 4.94. The van der Waals surface area contributed by atoms with E-state index in [2.05, 4.69) is 17.1 Å². The molecule has 0 aliphatic carbocycles. The fourth-order valence-corrected chi connectivity index (χ4v) is 1.97. The Kier molecular flexibility index (Phi) is 4.98. The molecule has 2 rings (SSSR count). The van der Waals surface area contributed by atoms with Crippen LogP contribution in [-0.4, -0.2) is 15.2 Å². The van der Waals surface area contributed by atoms with Gasteiger partial charge in [0.25, 0.3) is 5.89 Å². The van der Waals surface area contributed by atoms with Gasteiger partial charge in [-0.1, -0.05) is 23.7 Å². The first-order chi connectivity index (χ1) is 9.60. The Hall–Kier alpha value is -1.59. The maximum absolute atomic E-state index is 9.71. The van der Waals surface area contributed by atoms with Crippen molar-refractivity contribution in [3.05, 3.63) is 40.5 Å². The van der Waals surface area contributed by atoms with Crippen LogP contribution in [0.5, 0.6) is 5.75 Å². The topological polar surface area (TPSA) is 68.4 Å². The summed E-state index contributed by atoms with van der Waals surface area (Å²) < 4.78 is 10.7. The minimum absolute atomic E-state index is 0.165. The zero-order chi connectivity index (χ0) is 14.5. The van der Waals surface area contributed by atoms with Crippen LogP contribution in [0, 0.1) is 0 Å². The van der Waals surface area contributed by atoms with E-state index in [0.29, 0.717) is 28.1 Å². The smallest absolute Gasteiger partial charge is 0.264 e. The Morgan fingerprint density at radius 3 is 2.95 bits per heavy atom. The third-order valence-corrected chi connectivity index (χ3v) is 2.99. The number of hydrogen-bond donors (Lipinski definition) is 1. The van der Waals surface area contributed by atoms with Gasteiger partial charge in [-0.2, -0.15) is 4.98 Å². The number of aryl methyl sites for hydroxylation is 1. The van der Waals surface area contributed by atoms with Crippen LogP contribution < -0.4 is 4.74 Å². The number of aliphatic hydroxyl groups excluding tert-OH is 1. The third-order valence-electron chi connectivity index (χ3n) is 2.76. The largest absolute Gasteiger partial charge is 0.483 e. The van der Waals surface area contributed by atoms with E-state index in [9.17, 15) is 5.11 Å². The highest BCUT2D eigenvalue weighted by Crippen LogP contribution is 2.28. The number of aromatic nitrogens is 2. The number of aliphatic hydroxyl groups is 1. The van der Waals surface area contributed by atoms with Gasteiger partial charge in [0.15, 0.2) is 12.4 Å². The minimum atomic E-state index is -0.665. The molecule has 20 heavy (non-hydrogen) atoms. The van der Waals surface area contributed by atoms with Crippen molar-refractivity contribution in [3.63, 3.8) is 0 Å². The number of rotatable bonds is 6. The summed E-state index contributed by atoms with van der Waals surface area (Å²) in [6.07, 6.45) is 1.08. The molecular formula is C14H17ClN2O3. The van der Waals surface area contributed by atoms with Gasteiger partial charge in [0.2, 0.25) is 0 Å². The van der Waals surface area contributed by atoms with Crippen LogP contribution in [0.3, 0.4) is 0 Å². The van der Waals surface area contributed by atoms with Gasteiger partial charge in [0, 0.05) is 17.0 Å². The first-order valence-corrected chi connectivity index (χ1v) is 6.89. The third kappa shape index (κ3) is 3.71. The normalized spacial score (nSPS) is 12.4. The van der Waals surface area contributed by atoms with Crippen molar-refractivity contribution in [2.75, 3.05) is 0 Å². The predicted molar refractivity (Wildman–Crippen MR) is 74.7 cm³/mol. The molecule has 0 unspecified atom stereocenters. The molecule has 108 valence electrons. The molecule has 0 bridgehead atoms. The Balaban J connectivity index is 2.06. The lowest BCUT2D eigenvalue weighted by molar-refractivity contribution is 0.185. The molecule has 0 amide bonds. The van der Waals surface area contributed by atoms with Gasteiger partial charge in [0.1, 0.15) is 5.75 Å². The maximum atomic E-state index is 9.71. The molecule has 0 spiro atoms. The van der Waals surface area contributed by atoms with E-state index in [0.717, 1.165) is 12.8 Å². The van der Waals surface area contributed by atoms with E-state index in [1.54, 1.807) is 25.1 Å². The standard InChI is InChI=1S/C14H17ClN2O3/c1-3-4-13-16-14(20-17-13)8-19-12-6-5-10(15)7-11(12)9(2)18/h5-7,9,18H,3-4,8H2,1-2H3/t9-/m1/s1. The zero-order valence-corrected chi connectivity index (χ0v) is 12.2. The summed E-state index contributed by atoms with van der Waals surface area (Å²) in [6, 6.07) is 5.10. The average Bonchev–Trinajstić information content (AvgIpc) is 2.85. The van der Waals surface area contributed by atoms with Crippen molar-refractivity contribution in [1.29, 1.82) is 0 Å². The van der Waals surface area contributed by atoms with Crippen molar-refractivity contribution < 1.29 is 14.4 Å². The van der Waals surface area contributed by atoms with E-state index in [1.165, 1.54) is 0 Å². The van der Waals surface area contributed by atoms with Gasteiger partial charge in [-0.05, 0) is 31.5 Å². The van der Waals surface area contributed by atoms with Crippen molar-refractivity contribution in [2.45, 2.75) is 39.4 Å². The van der Waals surface area contributed by atoms with Crippen LogP contribution in [0.25, 0.3) is 0 Å². The maximum Gasteiger partial charge on any atom is 0.264 e. The second-order valence-electron chi connectivity index (χ2n) is 4.50. The molecule has 1 atom stereocenters. The average molecular weight is 297 g/mol. The summed E-state index contributed by atoms with van der Waals surface area (Å²) in [4.78, 5) is 4.22. The molecule has 1 heterocycles. The van der Waals surface area contributed by atoms with Gasteiger partial charge < -0.3 is 14.4 Å². The number of benzene rings is 1. The molecule has 1 N–H and O–H groups in total. The Labute approximate surface area is 122 Å². The van der Waals surface area contributed by atoms with Crippen molar-refractivity contribution >= 4 is 11.6 Å². The van der Waals surface area contributed by atoms with Crippen LogP contribution in [0.2, 0.25) is 5.02 Å². The molecule has 1 aromatic carbocycles. The number of ether oxygens (including phenoxy) is 1. The quantitative estimate of drug-likeness (QED) is 0.885. The Morgan fingerprint density at radius 2 is 2.25 bits per heavy atom. The van der Waals surface area contributed by atoms with Gasteiger partial charge in [-0.15, -0.1) is 0 Å². The highest BCUT2D eigenvalue weighted by atomic mass is 35.5. The SMILES string of the molecule is CCCc1noc(COc2ccc(Cl)cc2[C@@H](C)O)n1. The lowest BCUT2D eigenvalue weighted by Crippen LogP contribution is -2.01. The van der Waals surface area contributed by atoms with Gasteiger partial charge in [-0.3, -0.25) is 0 Å². The fraction of sp³-hybridized carbons (Fsp3) is 0.429. The summed E-state index contributed by atoms with van der Waals surface area (Å²) in [7, 11) is 0. The van der Waals surface area contributed by atoms with Crippen LogP contribution in [0.4, 0.5) is 0 Å². The van der Waals surface area contributed by atoms with Gasteiger partial charge in [-0.25, -0.2) is 0 Å². The molecule has 0 aliphatic rings. The summed E-state index contributed by atoms with van der Waals surface area (Å²) >= 11 is 5.91. The van der Waals surface area contributed by atoms with E-state index in [1.807, 2.05) is 0 Å². The fourth-order valence-electron chi connectivity index (χ4n) is 1.79. The van der Waals surface area contributed by atoms with Crippen LogP contribution in [0.15, 0.2) is 22.7 Å². The second kappa shape index (κ2) is 6.72. The summed E-state index contributed by atoms with van der Waals surface area (Å²) in [5, 5.41) is 14.1. The molecule has 5 nitrogen and oxygen atoms in total. The van der Waals surface area contributed by atoms with Crippen LogP contribution >= 0.6 is 11.6 Å². The summed E-state index contributed by atoms with van der Waals surface area (Å²) in [5.41, 5.74) is 0.630. The molecule has 6 heteroatoms. The molecular weight excluding hydrogens is 280 g/mol.